The van der Waals surface area contributed by atoms with Crippen molar-refractivity contribution in [2.45, 2.75) is 31.6 Å². The Hall–Kier alpha value is -2.44. The zero-order valence-electron chi connectivity index (χ0n) is 15.9. The number of imidazole rings is 1. The summed E-state index contributed by atoms with van der Waals surface area (Å²) in [5.41, 5.74) is 1.99. The maximum absolute atomic E-state index is 9.75. The predicted molar refractivity (Wildman–Crippen MR) is 105 cm³/mol. The van der Waals surface area contributed by atoms with Gasteiger partial charge in [-0.05, 0) is 12.1 Å². The number of anilines is 1. The van der Waals surface area contributed by atoms with Gasteiger partial charge in [-0.3, -0.25) is 4.68 Å². The number of nitrogens with zero attached hydrogens (tertiary/aromatic N) is 4. The fourth-order valence-electron chi connectivity index (χ4n) is 3.79. The first kappa shape index (κ1) is 19.5. The highest BCUT2D eigenvalue weighted by Crippen LogP contribution is 2.33. The molecule has 0 bridgehead atoms. The van der Waals surface area contributed by atoms with Crippen molar-refractivity contribution in [3.63, 3.8) is 0 Å². The van der Waals surface area contributed by atoms with E-state index in [-0.39, 0.29) is 24.7 Å². The number of H-pyrrole nitrogens is 1. The molecule has 0 saturated carbocycles. The maximum atomic E-state index is 9.75. The Morgan fingerprint density at radius 3 is 3.10 bits per heavy atom. The number of aliphatic hydroxyl groups is 2. The number of hydrogen-bond donors (Lipinski definition) is 4. The molecule has 0 spiro atoms. The lowest BCUT2D eigenvalue weighted by Crippen LogP contribution is -2.30. The smallest absolute Gasteiger partial charge is 0.296 e. The highest BCUT2D eigenvalue weighted by Gasteiger charge is 2.48. The molecule has 3 aromatic heterocycles. The van der Waals surface area contributed by atoms with Gasteiger partial charge in [0, 0.05) is 6.20 Å². The number of halogens is 1. The van der Waals surface area contributed by atoms with Crippen LogP contribution in [0.25, 0.3) is 11.2 Å². The third-order valence-electron chi connectivity index (χ3n) is 5.31. The van der Waals surface area contributed by atoms with Gasteiger partial charge in [0.15, 0.2) is 11.9 Å². The number of rotatable bonds is 7. The number of aliphatic hydroxyl groups excluding tert-OH is 2. The fraction of sp³-hybridized carbons (Fsp3) is 0.500. The summed E-state index contributed by atoms with van der Waals surface area (Å²) < 4.78 is 18.4. The number of aromatic nitrogens is 5. The van der Waals surface area contributed by atoms with E-state index in [2.05, 4.69) is 25.4 Å². The lowest BCUT2D eigenvalue weighted by atomic mass is 10.0. The number of nitrogens with one attached hydrogen (secondary N) is 2. The van der Waals surface area contributed by atoms with Gasteiger partial charge in [-0.1, -0.05) is 11.6 Å². The van der Waals surface area contributed by atoms with Crippen LogP contribution in [0.1, 0.15) is 5.69 Å². The van der Waals surface area contributed by atoms with E-state index in [1.165, 1.54) is 0 Å². The minimum Gasteiger partial charge on any atom is -0.458 e. The normalized spacial score (nSPS) is 25.7. The molecule has 5 rings (SSSR count). The molecule has 0 amide bonds. The van der Waals surface area contributed by atoms with Gasteiger partial charge >= 0.3 is 0 Å². The molecule has 160 valence electrons. The van der Waals surface area contributed by atoms with Crippen LogP contribution in [-0.2, 0) is 22.6 Å². The Morgan fingerprint density at radius 1 is 1.33 bits per heavy atom. The van der Waals surface area contributed by atoms with E-state index in [0.717, 1.165) is 5.69 Å². The second-order valence-electron chi connectivity index (χ2n) is 7.20. The third-order valence-corrected chi connectivity index (χ3v) is 5.60. The van der Waals surface area contributed by atoms with E-state index in [1.54, 1.807) is 16.9 Å². The SMILES string of the molecule is OCCn1nccc1CNc1nc2nc(O[C@@H]3CO[C@H]4[C@@H]3CO[C@H]4O)[nH]c2cc1Cl. The first-order valence-electron chi connectivity index (χ1n) is 9.62. The van der Waals surface area contributed by atoms with Crippen LogP contribution in [0.5, 0.6) is 6.01 Å². The van der Waals surface area contributed by atoms with Crippen molar-refractivity contribution in [1.29, 1.82) is 0 Å². The van der Waals surface area contributed by atoms with E-state index >= 15 is 0 Å². The number of pyridine rings is 1. The van der Waals surface area contributed by atoms with Crippen molar-refractivity contribution < 1.29 is 24.4 Å². The molecular formula is C18H21ClN6O5. The minimum absolute atomic E-state index is 0.00835. The Kier molecular flexibility index (Phi) is 5.21. The largest absolute Gasteiger partial charge is 0.458 e. The molecule has 2 aliphatic heterocycles. The molecule has 4 atom stereocenters. The average Bonchev–Trinajstić information content (AvgIpc) is 3.48. The summed E-state index contributed by atoms with van der Waals surface area (Å²) in [6.07, 6.45) is 0.116. The Balaban J connectivity index is 1.30. The molecule has 2 fully saturated rings. The summed E-state index contributed by atoms with van der Waals surface area (Å²) in [4.78, 5) is 12.0. The molecule has 12 heteroatoms. The molecule has 0 aromatic carbocycles. The first-order chi connectivity index (χ1) is 14.6. The summed E-state index contributed by atoms with van der Waals surface area (Å²) in [7, 11) is 0. The van der Waals surface area contributed by atoms with Crippen LogP contribution in [0.3, 0.4) is 0 Å². The van der Waals surface area contributed by atoms with Crippen molar-refractivity contribution >= 4 is 28.6 Å². The summed E-state index contributed by atoms with van der Waals surface area (Å²) in [5.74, 6) is 0.432. The Bertz CT molecular complexity index is 1040. The molecule has 30 heavy (non-hydrogen) atoms. The van der Waals surface area contributed by atoms with Gasteiger partial charge in [0.1, 0.15) is 18.0 Å². The summed E-state index contributed by atoms with van der Waals surface area (Å²) >= 11 is 6.37. The monoisotopic (exact) mass is 436 g/mol. The maximum Gasteiger partial charge on any atom is 0.296 e. The number of ether oxygens (including phenoxy) is 3. The van der Waals surface area contributed by atoms with Crippen LogP contribution in [0.2, 0.25) is 5.02 Å². The van der Waals surface area contributed by atoms with Gasteiger partial charge < -0.3 is 34.7 Å². The van der Waals surface area contributed by atoms with Gasteiger partial charge in [0.05, 0.1) is 55.1 Å². The van der Waals surface area contributed by atoms with E-state index < -0.39 is 6.29 Å². The zero-order valence-corrected chi connectivity index (χ0v) is 16.6. The third kappa shape index (κ3) is 3.59. The molecule has 0 unspecified atom stereocenters. The standard InChI is InChI=1S/C18H21ClN6O5/c19-11-5-12-16(23-15(11)20-6-9-1-2-21-25(9)3-4-26)24-18(22-12)30-13-8-28-14-10(13)7-29-17(14)27/h1-2,5,10,13-14,17,26-27H,3-4,6-8H2,(H2,20,22,23,24)/t10-,13-,14+,17-/m1/s1. The number of aromatic amines is 1. The highest BCUT2D eigenvalue weighted by molar-refractivity contribution is 6.33. The molecule has 5 heterocycles. The van der Waals surface area contributed by atoms with E-state index in [0.29, 0.717) is 54.3 Å². The van der Waals surface area contributed by atoms with Crippen LogP contribution >= 0.6 is 11.6 Å². The van der Waals surface area contributed by atoms with Crippen molar-refractivity contribution in [3.8, 4) is 6.01 Å². The second-order valence-corrected chi connectivity index (χ2v) is 7.60. The predicted octanol–water partition coefficient (Wildman–Crippen LogP) is 0.523. The van der Waals surface area contributed by atoms with Crippen molar-refractivity contribution in [2.75, 3.05) is 25.1 Å². The Labute approximate surface area is 175 Å². The lowest BCUT2D eigenvalue weighted by molar-refractivity contribution is -0.123. The molecule has 0 radical (unpaired) electrons. The molecule has 3 aromatic rings. The van der Waals surface area contributed by atoms with Crippen molar-refractivity contribution in [2.24, 2.45) is 5.92 Å². The zero-order chi connectivity index (χ0) is 20.7. The number of hydrogen-bond acceptors (Lipinski definition) is 9. The molecule has 11 nitrogen and oxygen atoms in total. The highest BCUT2D eigenvalue weighted by atomic mass is 35.5. The van der Waals surface area contributed by atoms with E-state index in [4.69, 9.17) is 30.9 Å². The van der Waals surface area contributed by atoms with Gasteiger partial charge in [-0.15, -0.1) is 0 Å². The average molecular weight is 437 g/mol. The molecular weight excluding hydrogens is 416 g/mol. The minimum atomic E-state index is -0.915. The first-order valence-corrected chi connectivity index (χ1v) is 10.00. The van der Waals surface area contributed by atoms with Crippen LogP contribution in [0, 0.1) is 5.92 Å². The van der Waals surface area contributed by atoms with Crippen LogP contribution in [0.4, 0.5) is 5.82 Å². The summed E-state index contributed by atoms with van der Waals surface area (Å²) in [6.45, 7) is 1.60. The lowest BCUT2D eigenvalue weighted by Gasteiger charge is -2.14. The van der Waals surface area contributed by atoms with Gasteiger partial charge in [-0.2, -0.15) is 10.1 Å². The Morgan fingerprint density at radius 2 is 2.23 bits per heavy atom. The molecule has 2 aliphatic rings. The van der Waals surface area contributed by atoms with Crippen LogP contribution in [0.15, 0.2) is 18.3 Å². The van der Waals surface area contributed by atoms with Gasteiger partial charge in [-0.25, -0.2) is 4.98 Å². The van der Waals surface area contributed by atoms with Gasteiger partial charge in [0.2, 0.25) is 0 Å². The van der Waals surface area contributed by atoms with Crippen LogP contribution < -0.4 is 10.1 Å². The van der Waals surface area contributed by atoms with Crippen LogP contribution in [-0.4, -0.2) is 73.3 Å². The number of fused-ring (bicyclic) bond motifs is 2. The van der Waals surface area contributed by atoms with Crippen molar-refractivity contribution in [3.05, 3.63) is 29.0 Å². The molecule has 4 N–H and O–H groups in total. The molecule has 2 saturated heterocycles. The van der Waals surface area contributed by atoms with Crippen molar-refractivity contribution in [1.82, 2.24) is 24.7 Å². The summed E-state index contributed by atoms with van der Waals surface area (Å²) in [5, 5.41) is 26.6. The van der Waals surface area contributed by atoms with E-state index in [9.17, 15) is 5.11 Å². The second kappa shape index (κ2) is 8.00. The topological polar surface area (TPSA) is 140 Å². The summed E-state index contributed by atoms with van der Waals surface area (Å²) in [6, 6.07) is 3.89. The quantitative estimate of drug-likeness (QED) is 0.417. The van der Waals surface area contributed by atoms with Gasteiger partial charge in [0.25, 0.3) is 6.01 Å². The fourth-order valence-corrected chi connectivity index (χ4v) is 4.00. The molecule has 0 aliphatic carbocycles. The van der Waals surface area contributed by atoms with E-state index in [1.807, 2.05) is 6.07 Å².